The standard InChI is InChI=1S/C5H8.C2H5.In/c1-3-5-4-2;1-2;/h3-5H,1H2,2H3;1H2,2H3;. The molecule has 0 saturated heterocycles. The van der Waals surface area contributed by atoms with Gasteiger partial charge >= 0.3 is 59.5 Å². The van der Waals surface area contributed by atoms with E-state index in [-0.39, 0.29) is 0 Å². The number of rotatable bonds is 1. The predicted octanol–water partition coefficient (Wildman–Crippen LogP) is 2.46. The molecule has 0 bridgehead atoms. The van der Waals surface area contributed by atoms with Gasteiger partial charge in [-0.3, -0.25) is 0 Å². The molecule has 0 fully saturated rings. The van der Waals surface area contributed by atoms with Gasteiger partial charge in [0.25, 0.3) is 0 Å². The van der Waals surface area contributed by atoms with Crippen molar-refractivity contribution in [3.05, 3.63) is 12.2 Å². The van der Waals surface area contributed by atoms with Gasteiger partial charge in [0, 0.05) is 0 Å². The molecule has 8 heavy (non-hydrogen) atoms. The third-order valence-electron chi connectivity index (χ3n) is 2.15. The van der Waals surface area contributed by atoms with Crippen LogP contribution in [0.2, 0.25) is 12.0 Å². The van der Waals surface area contributed by atoms with Crippen LogP contribution in [-0.2, 0) is 0 Å². The van der Waals surface area contributed by atoms with Gasteiger partial charge in [-0.1, -0.05) is 0 Å². The molecule has 1 atom stereocenters. The molecule has 1 rings (SSSR count). The number of allylic oxidation sites excluding steroid dienone is 2. The minimum absolute atomic E-state index is 0.890. The molecule has 1 heterocycles. The maximum absolute atomic E-state index is 2.42. The monoisotopic (exact) mass is 212 g/mol. The Labute approximate surface area is 59.5 Å². The molecule has 0 saturated carbocycles. The first kappa shape index (κ1) is 6.73. The van der Waals surface area contributed by atoms with Crippen LogP contribution in [0.1, 0.15) is 13.8 Å². The van der Waals surface area contributed by atoms with Crippen LogP contribution in [0.3, 0.4) is 0 Å². The van der Waals surface area contributed by atoms with E-state index >= 15 is 0 Å². The molecule has 0 spiro atoms. The van der Waals surface area contributed by atoms with E-state index in [1.807, 2.05) is 0 Å². The van der Waals surface area contributed by atoms with Gasteiger partial charge in [0.15, 0.2) is 0 Å². The molecular formula is C7H13In. The third kappa shape index (κ3) is 1.31. The summed E-state index contributed by atoms with van der Waals surface area (Å²) in [5.74, 6) is 0. The van der Waals surface area contributed by atoms with Crippen molar-refractivity contribution in [3.8, 4) is 0 Å². The number of hydrogen-bond donors (Lipinski definition) is 0. The van der Waals surface area contributed by atoms with Crippen molar-refractivity contribution in [1.82, 2.24) is 0 Å². The average molecular weight is 212 g/mol. The fraction of sp³-hybridized carbons (Fsp3) is 0.714. The molecule has 1 aliphatic heterocycles. The van der Waals surface area contributed by atoms with E-state index in [0.29, 0.717) is 0 Å². The van der Waals surface area contributed by atoms with Crippen LogP contribution in [0, 0.1) is 0 Å². The van der Waals surface area contributed by atoms with Crippen molar-refractivity contribution in [1.29, 1.82) is 0 Å². The van der Waals surface area contributed by atoms with Gasteiger partial charge in [0.1, 0.15) is 0 Å². The molecular weight excluding hydrogens is 199 g/mol. The van der Waals surface area contributed by atoms with Gasteiger partial charge in [-0.15, -0.1) is 0 Å². The summed E-state index contributed by atoms with van der Waals surface area (Å²) in [7, 11) is 0. The molecule has 0 aromatic heterocycles. The van der Waals surface area contributed by atoms with Gasteiger partial charge in [-0.25, -0.2) is 0 Å². The summed E-state index contributed by atoms with van der Waals surface area (Å²) in [4.78, 5) is 0. The maximum atomic E-state index is 2.42. The van der Waals surface area contributed by atoms with Crippen molar-refractivity contribution in [2.24, 2.45) is 0 Å². The first-order chi connectivity index (χ1) is 3.84. The van der Waals surface area contributed by atoms with Crippen LogP contribution >= 0.6 is 0 Å². The van der Waals surface area contributed by atoms with E-state index in [1.54, 1.807) is 4.18 Å². The summed E-state index contributed by atoms with van der Waals surface area (Å²) >= 11 is -0.890. The van der Waals surface area contributed by atoms with Crippen LogP contribution in [0.4, 0.5) is 0 Å². The van der Waals surface area contributed by atoms with Gasteiger partial charge in [0.2, 0.25) is 0 Å². The summed E-state index contributed by atoms with van der Waals surface area (Å²) in [5, 5.41) is 0. The minimum atomic E-state index is -0.890. The van der Waals surface area contributed by atoms with E-state index in [2.05, 4.69) is 26.0 Å². The molecule has 0 aliphatic carbocycles. The Morgan fingerprint density at radius 2 is 2.50 bits per heavy atom. The van der Waals surface area contributed by atoms with Crippen LogP contribution in [0.25, 0.3) is 0 Å². The van der Waals surface area contributed by atoms with Crippen molar-refractivity contribution in [2.45, 2.75) is 25.9 Å². The van der Waals surface area contributed by atoms with Gasteiger partial charge in [-0.2, -0.15) is 0 Å². The summed E-state index contributed by atoms with van der Waals surface area (Å²) in [5.41, 5.74) is 0. The molecule has 1 unspecified atom stereocenters. The summed E-state index contributed by atoms with van der Waals surface area (Å²) in [6.45, 7) is 4.76. The van der Waals surface area contributed by atoms with Crippen molar-refractivity contribution in [2.75, 3.05) is 0 Å². The average Bonchev–Trinajstić information content (AvgIpc) is 2.14. The molecule has 0 nitrogen and oxygen atoms in total. The van der Waals surface area contributed by atoms with Gasteiger partial charge in [-0.05, 0) is 0 Å². The molecule has 0 aromatic carbocycles. The molecule has 1 aliphatic rings. The first-order valence-electron chi connectivity index (χ1n) is 3.51. The summed E-state index contributed by atoms with van der Waals surface area (Å²) in [6, 6.07) is 0. The Morgan fingerprint density at radius 1 is 1.75 bits per heavy atom. The van der Waals surface area contributed by atoms with Gasteiger partial charge < -0.3 is 0 Å². The summed E-state index contributed by atoms with van der Waals surface area (Å²) < 4.78 is 4.14. The van der Waals surface area contributed by atoms with Crippen LogP contribution in [-0.4, -0.2) is 21.4 Å². The third-order valence-corrected chi connectivity index (χ3v) is 12.5. The fourth-order valence-electron chi connectivity index (χ4n) is 1.38. The Balaban J connectivity index is 2.38. The second-order valence-corrected chi connectivity index (χ2v) is 13.7. The Kier molecular flexibility index (Phi) is 2.48. The second-order valence-electron chi connectivity index (χ2n) is 2.69. The molecule has 0 aromatic rings. The van der Waals surface area contributed by atoms with E-state index in [4.69, 9.17) is 0 Å². The molecule has 44 valence electrons. The van der Waals surface area contributed by atoms with Crippen LogP contribution in [0.15, 0.2) is 12.2 Å². The Morgan fingerprint density at radius 3 is 2.75 bits per heavy atom. The van der Waals surface area contributed by atoms with E-state index < -0.39 is 21.4 Å². The number of hydrogen-bond acceptors (Lipinski definition) is 0. The Bertz CT molecular complexity index is 96.6. The summed E-state index contributed by atoms with van der Waals surface area (Å²) in [6.07, 6.45) is 4.82. The zero-order valence-corrected chi connectivity index (χ0v) is 9.02. The first-order valence-corrected chi connectivity index (χ1v) is 10.1. The molecule has 0 N–H and O–H groups in total. The SMILES string of the molecule is C[CH2][In]1[CH2]C=C[CH]1C. The molecule has 1 heteroatoms. The zero-order chi connectivity index (χ0) is 5.98. The topological polar surface area (TPSA) is 0 Å². The zero-order valence-electron chi connectivity index (χ0n) is 5.72. The second kappa shape index (κ2) is 2.95. The fourth-order valence-corrected chi connectivity index (χ4v) is 8.47. The van der Waals surface area contributed by atoms with E-state index in [1.165, 1.54) is 4.18 Å². The molecule has 0 amide bonds. The van der Waals surface area contributed by atoms with E-state index in [9.17, 15) is 0 Å². The van der Waals surface area contributed by atoms with Crippen molar-refractivity contribution < 1.29 is 0 Å². The predicted molar refractivity (Wildman–Crippen MR) is 39.6 cm³/mol. The van der Waals surface area contributed by atoms with Gasteiger partial charge in [0.05, 0.1) is 0 Å². The van der Waals surface area contributed by atoms with Crippen molar-refractivity contribution in [3.63, 3.8) is 0 Å². The quantitative estimate of drug-likeness (QED) is 0.585. The van der Waals surface area contributed by atoms with Crippen LogP contribution in [0.5, 0.6) is 0 Å². The molecule has 0 radical (unpaired) electrons. The Hall–Kier alpha value is 0.610. The van der Waals surface area contributed by atoms with E-state index in [0.717, 1.165) is 3.67 Å². The van der Waals surface area contributed by atoms with Crippen molar-refractivity contribution >= 4 is 21.4 Å². The van der Waals surface area contributed by atoms with Crippen LogP contribution < -0.4 is 0 Å². The normalized spacial score (nSPS) is 27.2.